The fraction of sp³-hybridized carbons (Fsp3) is 0.278. The smallest absolute Gasteiger partial charge is 0.238 e. The van der Waals surface area contributed by atoms with Crippen molar-refractivity contribution in [3.8, 4) is 0 Å². The largest absolute Gasteiger partial charge is 0.351 e. The summed E-state index contributed by atoms with van der Waals surface area (Å²) in [7, 11) is 0. The molecule has 0 aliphatic carbocycles. The Labute approximate surface area is 141 Å². The van der Waals surface area contributed by atoms with Crippen molar-refractivity contribution >= 4 is 17.5 Å². The molecule has 0 radical (unpaired) electrons. The first-order chi connectivity index (χ1) is 11.1. The average molecular weight is 330 g/mol. The Balaban J connectivity index is 1.55. The summed E-state index contributed by atoms with van der Waals surface area (Å²) < 4.78 is 0. The highest BCUT2D eigenvalue weighted by molar-refractivity contribution is 6.30. The first kappa shape index (κ1) is 16.0. The van der Waals surface area contributed by atoms with Gasteiger partial charge in [-0.1, -0.05) is 48.0 Å². The van der Waals surface area contributed by atoms with Crippen molar-refractivity contribution in [3.63, 3.8) is 0 Å². The monoisotopic (exact) mass is 329 g/mol. The van der Waals surface area contributed by atoms with Gasteiger partial charge in [0.2, 0.25) is 5.91 Å². The Hall–Kier alpha value is -1.88. The van der Waals surface area contributed by atoms with Gasteiger partial charge in [0.15, 0.2) is 0 Å². The molecule has 4 nitrogen and oxygen atoms in total. The minimum Gasteiger partial charge on any atom is -0.351 e. The molecule has 1 aliphatic heterocycles. The van der Waals surface area contributed by atoms with E-state index in [-0.39, 0.29) is 18.0 Å². The van der Waals surface area contributed by atoms with E-state index in [1.165, 1.54) is 5.56 Å². The van der Waals surface area contributed by atoms with Crippen LogP contribution >= 0.6 is 11.6 Å². The summed E-state index contributed by atoms with van der Waals surface area (Å²) in [5.41, 5.74) is 9.70. The summed E-state index contributed by atoms with van der Waals surface area (Å²) in [6, 6.07) is 15.6. The molecule has 0 spiro atoms. The van der Waals surface area contributed by atoms with Gasteiger partial charge >= 0.3 is 0 Å². The Morgan fingerprint density at radius 2 is 1.91 bits per heavy atom. The lowest BCUT2D eigenvalue weighted by Gasteiger charge is -2.12. The van der Waals surface area contributed by atoms with Crippen molar-refractivity contribution in [1.82, 2.24) is 16.2 Å². The highest BCUT2D eigenvalue weighted by Crippen LogP contribution is 2.23. The number of halogens is 1. The summed E-state index contributed by atoms with van der Waals surface area (Å²) in [4.78, 5) is 12.3. The fourth-order valence-corrected chi connectivity index (χ4v) is 2.88. The van der Waals surface area contributed by atoms with E-state index in [0.29, 0.717) is 18.0 Å². The first-order valence-corrected chi connectivity index (χ1v) is 8.10. The normalized spacial score (nSPS) is 20.4. The van der Waals surface area contributed by atoms with Crippen molar-refractivity contribution in [2.45, 2.75) is 32.0 Å². The molecule has 1 saturated heterocycles. The van der Waals surface area contributed by atoms with Crippen LogP contribution in [0.25, 0.3) is 0 Å². The summed E-state index contributed by atoms with van der Waals surface area (Å²) in [6.07, 6.45) is 0.710. The van der Waals surface area contributed by atoms with Gasteiger partial charge < -0.3 is 5.32 Å². The van der Waals surface area contributed by atoms with Gasteiger partial charge in [-0.25, -0.2) is 10.9 Å². The Morgan fingerprint density at radius 1 is 1.17 bits per heavy atom. The molecule has 0 saturated carbocycles. The molecular weight excluding hydrogens is 310 g/mol. The summed E-state index contributed by atoms with van der Waals surface area (Å²) >= 11 is 5.91. The molecule has 1 aliphatic rings. The van der Waals surface area contributed by atoms with Gasteiger partial charge in [-0.3, -0.25) is 4.79 Å². The molecule has 2 atom stereocenters. The number of carbonyl (C=O) groups excluding carboxylic acids is 1. The van der Waals surface area contributed by atoms with E-state index in [1.54, 1.807) is 0 Å². The average Bonchev–Trinajstić information content (AvgIpc) is 3.04. The molecule has 2 unspecified atom stereocenters. The third-order valence-electron chi connectivity index (χ3n) is 4.21. The molecule has 5 heteroatoms. The molecule has 1 heterocycles. The molecular formula is C18H20ClN3O. The number of nitrogens with one attached hydrogen (secondary N) is 3. The van der Waals surface area contributed by atoms with Crippen molar-refractivity contribution in [3.05, 3.63) is 70.2 Å². The number of rotatable bonds is 4. The van der Waals surface area contributed by atoms with Gasteiger partial charge in [0.05, 0.1) is 0 Å². The second-order valence-corrected chi connectivity index (χ2v) is 6.26. The van der Waals surface area contributed by atoms with E-state index < -0.39 is 0 Å². The van der Waals surface area contributed by atoms with Gasteiger partial charge in [0, 0.05) is 17.6 Å². The van der Waals surface area contributed by atoms with Crippen LogP contribution in [0.3, 0.4) is 0 Å². The second-order valence-electron chi connectivity index (χ2n) is 5.83. The van der Waals surface area contributed by atoms with Crippen LogP contribution in [0.4, 0.5) is 0 Å². The van der Waals surface area contributed by atoms with Crippen molar-refractivity contribution < 1.29 is 4.79 Å². The van der Waals surface area contributed by atoms with Gasteiger partial charge in [-0.05, 0) is 42.2 Å². The van der Waals surface area contributed by atoms with Gasteiger partial charge in [0.25, 0.3) is 0 Å². The van der Waals surface area contributed by atoms with E-state index in [4.69, 9.17) is 11.6 Å². The number of hydrogen-bond acceptors (Lipinski definition) is 3. The van der Waals surface area contributed by atoms with Crippen molar-refractivity contribution in [2.75, 3.05) is 0 Å². The van der Waals surface area contributed by atoms with Crippen molar-refractivity contribution in [1.29, 1.82) is 0 Å². The fourth-order valence-electron chi connectivity index (χ4n) is 2.76. The van der Waals surface area contributed by atoms with Crippen LogP contribution in [0.2, 0.25) is 5.02 Å². The molecule has 3 N–H and O–H groups in total. The predicted octanol–water partition coefficient (Wildman–Crippen LogP) is 2.87. The molecule has 1 fully saturated rings. The number of benzene rings is 2. The van der Waals surface area contributed by atoms with Crippen LogP contribution in [0.5, 0.6) is 0 Å². The molecule has 3 rings (SSSR count). The highest BCUT2D eigenvalue weighted by Gasteiger charge is 2.29. The summed E-state index contributed by atoms with van der Waals surface area (Å²) in [5, 5.41) is 3.72. The third kappa shape index (κ3) is 3.91. The molecule has 2 aromatic carbocycles. The van der Waals surface area contributed by atoms with Crippen molar-refractivity contribution in [2.24, 2.45) is 0 Å². The minimum absolute atomic E-state index is 0.0113. The van der Waals surface area contributed by atoms with E-state index in [2.05, 4.69) is 16.2 Å². The Kier molecular flexibility index (Phi) is 4.96. The molecule has 1 amide bonds. The molecule has 0 bridgehead atoms. The maximum absolute atomic E-state index is 12.3. The van der Waals surface area contributed by atoms with Crippen LogP contribution in [0.1, 0.15) is 29.2 Å². The van der Waals surface area contributed by atoms with Crippen LogP contribution in [-0.2, 0) is 11.3 Å². The molecule has 2 aromatic rings. The third-order valence-corrected chi connectivity index (χ3v) is 4.46. The maximum atomic E-state index is 12.3. The number of amides is 1. The van der Waals surface area contributed by atoms with Gasteiger partial charge in [0.1, 0.15) is 6.04 Å². The van der Waals surface area contributed by atoms with Gasteiger partial charge in [-0.15, -0.1) is 0 Å². The second kappa shape index (κ2) is 7.13. The van der Waals surface area contributed by atoms with Gasteiger partial charge in [-0.2, -0.15) is 0 Å². The lowest BCUT2D eigenvalue weighted by molar-refractivity contribution is -0.123. The van der Waals surface area contributed by atoms with E-state index >= 15 is 0 Å². The predicted molar refractivity (Wildman–Crippen MR) is 91.9 cm³/mol. The van der Waals surface area contributed by atoms with E-state index in [1.807, 2.05) is 55.5 Å². The zero-order valence-electron chi connectivity index (χ0n) is 13.0. The molecule has 120 valence electrons. The zero-order chi connectivity index (χ0) is 16.2. The summed E-state index contributed by atoms with van der Waals surface area (Å²) in [5.74, 6) is 0.0113. The van der Waals surface area contributed by atoms with Crippen LogP contribution in [-0.4, -0.2) is 11.9 Å². The highest BCUT2D eigenvalue weighted by atomic mass is 35.5. The number of aryl methyl sites for hydroxylation is 1. The minimum atomic E-state index is -0.236. The first-order valence-electron chi connectivity index (χ1n) is 7.72. The standard InChI is InChI=1S/C18H20ClN3O/c1-12-4-2-3-5-14(12)11-20-18(23)17-10-16(21-22-17)13-6-8-15(19)9-7-13/h2-9,16-17,21-22H,10-11H2,1H3,(H,20,23). The number of hydrogen-bond donors (Lipinski definition) is 3. The van der Waals surface area contributed by atoms with Crippen LogP contribution in [0.15, 0.2) is 48.5 Å². The molecule has 0 aromatic heterocycles. The lowest BCUT2D eigenvalue weighted by atomic mass is 10.0. The maximum Gasteiger partial charge on any atom is 0.238 e. The molecule has 23 heavy (non-hydrogen) atoms. The Morgan fingerprint density at radius 3 is 2.65 bits per heavy atom. The number of carbonyl (C=O) groups is 1. The SMILES string of the molecule is Cc1ccccc1CNC(=O)C1CC(c2ccc(Cl)cc2)NN1. The van der Waals surface area contributed by atoms with Crippen LogP contribution < -0.4 is 16.2 Å². The van der Waals surface area contributed by atoms with E-state index in [9.17, 15) is 4.79 Å². The lowest BCUT2D eigenvalue weighted by Crippen LogP contribution is -2.42. The Bertz CT molecular complexity index is 687. The quantitative estimate of drug-likeness (QED) is 0.808. The van der Waals surface area contributed by atoms with Crippen LogP contribution in [0, 0.1) is 6.92 Å². The topological polar surface area (TPSA) is 53.2 Å². The number of hydrazine groups is 1. The summed E-state index contributed by atoms with van der Waals surface area (Å²) in [6.45, 7) is 2.60. The van der Waals surface area contributed by atoms with E-state index in [0.717, 1.165) is 11.1 Å². The zero-order valence-corrected chi connectivity index (χ0v) is 13.7.